The zero-order valence-electron chi connectivity index (χ0n) is 8.40. The number of hydrogen-bond acceptors (Lipinski definition) is 3. The molecule has 1 heterocycles. The third kappa shape index (κ3) is 1.86. The first-order valence-corrected chi connectivity index (χ1v) is 5.32. The molecule has 2 aromatic rings. The number of carbonyl (C=O) groups is 1. The summed E-state index contributed by atoms with van der Waals surface area (Å²) in [5.41, 5.74) is 1.60. The summed E-state index contributed by atoms with van der Waals surface area (Å²) in [5, 5.41) is 8.98. The van der Waals surface area contributed by atoms with Gasteiger partial charge in [0.15, 0.2) is 6.39 Å². The topological polar surface area (TPSA) is 63.3 Å². The average molecular weight is 282 g/mol. The highest BCUT2D eigenvalue weighted by Gasteiger charge is 2.12. The number of oxazole rings is 1. The van der Waals surface area contributed by atoms with E-state index in [9.17, 15) is 4.79 Å². The first-order chi connectivity index (χ1) is 7.59. The maximum Gasteiger partial charge on any atom is 0.336 e. The van der Waals surface area contributed by atoms with Crippen molar-refractivity contribution < 1.29 is 14.3 Å². The van der Waals surface area contributed by atoms with Crippen LogP contribution in [0, 0.1) is 6.92 Å². The van der Waals surface area contributed by atoms with Crippen molar-refractivity contribution in [1.82, 2.24) is 4.98 Å². The minimum Gasteiger partial charge on any atom is -0.478 e. The fourth-order valence-corrected chi connectivity index (χ4v) is 1.84. The van der Waals surface area contributed by atoms with E-state index in [1.165, 1.54) is 6.39 Å². The predicted octanol–water partition coefficient (Wildman–Crippen LogP) is 3.11. The quantitative estimate of drug-likeness (QED) is 0.919. The van der Waals surface area contributed by atoms with Crippen molar-refractivity contribution in [2.75, 3.05) is 0 Å². The summed E-state index contributed by atoms with van der Waals surface area (Å²) in [6, 6.07) is 5.05. The molecule has 1 aromatic carbocycles. The highest BCUT2D eigenvalue weighted by molar-refractivity contribution is 9.10. The summed E-state index contributed by atoms with van der Waals surface area (Å²) in [6.45, 7) is 1.78. The Kier molecular flexibility index (Phi) is 2.78. The van der Waals surface area contributed by atoms with Gasteiger partial charge in [0, 0.05) is 10.0 Å². The molecule has 0 atom stereocenters. The molecule has 1 aromatic heterocycles. The van der Waals surface area contributed by atoms with Gasteiger partial charge in [-0.05, 0) is 35.0 Å². The van der Waals surface area contributed by atoms with Gasteiger partial charge in [0.05, 0.1) is 5.56 Å². The minimum absolute atomic E-state index is 0.208. The summed E-state index contributed by atoms with van der Waals surface area (Å²) in [5.74, 6) is -0.312. The SMILES string of the molecule is Cc1ocnc1-c1ccc(Br)c(C(=O)O)c1. The van der Waals surface area contributed by atoms with Gasteiger partial charge < -0.3 is 9.52 Å². The fraction of sp³-hybridized carbons (Fsp3) is 0.0909. The van der Waals surface area contributed by atoms with Crippen LogP contribution in [0.2, 0.25) is 0 Å². The Morgan fingerprint density at radius 1 is 1.50 bits per heavy atom. The maximum absolute atomic E-state index is 11.0. The molecule has 82 valence electrons. The van der Waals surface area contributed by atoms with Gasteiger partial charge in [0.1, 0.15) is 11.5 Å². The molecule has 0 amide bonds. The number of aromatic nitrogens is 1. The number of nitrogens with zero attached hydrogens (tertiary/aromatic N) is 1. The minimum atomic E-state index is -0.977. The van der Waals surface area contributed by atoms with E-state index in [1.54, 1.807) is 25.1 Å². The zero-order valence-corrected chi connectivity index (χ0v) is 9.98. The van der Waals surface area contributed by atoms with Crippen LogP contribution < -0.4 is 0 Å². The predicted molar refractivity (Wildman–Crippen MR) is 61.3 cm³/mol. The van der Waals surface area contributed by atoms with Crippen molar-refractivity contribution in [2.45, 2.75) is 6.92 Å². The van der Waals surface area contributed by atoms with Crippen LogP contribution in [0.1, 0.15) is 16.1 Å². The monoisotopic (exact) mass is 281 g/mol. The molecular weight excluding hydrogens is 274 g/mol. The Morgan fingerprint density at radius 2 is 2.25 bits per heavy atom. The van der Waals surface area contributed by atoms with Gasteiger partial charge in [-0.2, -0.15) is 0 Å². The molecule has 0 bridgehead atoms. The third-order valence-electron chi connectivity index (χ3n) is 2.21. The van der Waals surface area contributed by atoms with E-state index in [4.69, 9.17) is 9.52 Å². The van der Waals surface area contributed by atoms with E-state index in [-0.39, 0.29) is 5.56 Å². The molecule has 0 saturated carbocycles. The van der Waals surface area contributed by atoms with Crippen LogP contribution in [0.4, 0.5) is 0 Å². The molecule has 0 aliphatic heterocycles. The van der Waals surface area contributed by atoms with E-state index in [1.807, 2.05) is 0 Å². The molecule has 0 spiro atoms. The van der Waals surface area contributed by atoms with E-state index in [0.29, 0.717) is 15.9 Å². The number of halogens is 1. The van der Waals surface area contributed by atoms with Crippen LogP contribution in [-0.4, -0.2) is 16.1 Å². The van der Waals surface area contributed by atoms with Crippen LogP contribution in [0.15, 0.2) is 33.5 Å². The Hall–Kier alpha value is -1.62. The molecule has 0 aliphatic carbocycles. The number of benzene rings is 1. The van der Waals surface area contributed by atoms with Gasteiger partial charge in [-0.1, -0.05) is 6.07 Å². The molecule has 0 unspecified atom stereocenters. The van der Waals surface area contributed by atoms with Gasteiger partial charge in [-0.25, -0.2) is 9.78 Å². The number of carboxylic acid groups (broad SMARTS) is 1. The van der Waals surface area contributed by atoms with E-state index in [2.05, 4.69) is 20.9 Å². The van der Waals surface area contributed by atoms with Crippen molar-refractivity contribution in [3.63, 3.8) is 0 Å². The maximum atomic E-state index is 11.0. The van der Waals surface area contributed by atoms with E-state index >= 15 is 0 Å². The van der Waals surface area contributed by atoms with Crippen molar-refractivity contribution in [3.05, 3.63) is 40.4 Å². The largest absolute Gasteiger partial charge is 0.478 e. The summed E-state index contributed by atoms with van der Waals surface area (Å²) in [7, 11) is 0. The van der Waals surface area contributed by atoms with Crippen molar-refractivity contribution in [1.29, 1.82) is 0 Å². The van der Waals surface area contributed by atoms with E-state index < -0.39 is 5.97 Å². The second-order valence-corrected chi connectivity index (χ2v) is 4.11. The molecular formula is C11H8BrNO3. The molecule has 16 heavy (non-hydrogen) atoms. The van der Waals surface area contributed by atoms with Crippen LogP contribution in [-0.2, 0) is 0 Å². The Labute approximate surface area is 100 Å². The first kappa shape index (κ1) is 10.9. The zero-order chi connectivity index (χ0) is 11.7. The lowest BCUT2D eigenvalue weighted by Gasteiger charge is -2.02. The van der Waals surface area contributed by atoms with Crippen LogP contribution in [0.3, 0.4) is 0 Å². The summed E-state index contributed by atoms with van der Waals surface area (Å²) >= 11 is 3.19. The number of hydrogen-bond donors (Lipinski definition) is 1. The van der Waals surface area contributed by atoms with Crippen LogP contribution in [0.25, 0.3) is 11.3 Å². The van der Waals surface area contributed by atoms with Crippen molar-refractivity contribution >= 4 is 21.9 Å². The second-order valence-electron chi connectivity index (χ2n) is 3.26. The molecule has 2 rings (SSSR count). The van der Waals surface area contributed by atoms with Gasteiger partial charge in [-0.3, -0.25) is 0 Å². The lowest BCUT2D eigenvalue weighted by molar-refractivity contribution is 0.0696. The number of aromatic carboxylic acids is 1. The van der Waals surface area contributed by atoms with Crippen molar-refractivity contribution in [2.24, 2.45) is 0 Å². The lowest BCUT2D eigenvalue weighted by Crippen LogP contribution is -1.98. The first-order valence-electron chi connectivity index (χ1n) is 4.53. The second kappa shape index (κ2) is 4.09. The molecule has 0 aliphatic rings. The summed E-state index contributed by atoms with van der Waals surface area (Å²) < 4.78 is 5.63. The lowest BCUT2D eigenvalue weighted by atomic mass is 10.1. The van der Waals surface area contributed by atoms with Gasteiger partial charge in [0.2, 0.25) is 0 Å². The number of aryl methyl sites for hydroxylation is 1. The molecule has 0 radical (unpaired) electrons. The Bertz CT molecular complexity index is 548. The van der Waals surface area contributed by atoms with Crippen molar-refractivity contribution in [3.8, 4) is 11.3 Å². The summed E-state index contributed by atoms with van der Waals surface area (Å²) in [4.78, 5) is 15.0. The standard InChI is InChI=1S/C11H8BrNO3/c1-6-10(13-5-16-6)7-2-3-9(12)8(4-7)11(14)15/h2-5H,1H3,(H,14,15). The van der Waals surface area contributed by atoms with Gasteiger partial charge >= 0.3 is 5.97 Å². The van der Waals surface area contributed by atoms with Gasteiger partial charge in [-0.15, -0.1) is 0 Å². The highest BCUT2D eigenvalue weighted by Crippen LogP contribution is 2.26. The number of carboxylic acids is 1. The molecule has 1 N–H and O–H groups in total. The summed E-state index contributed by atoms with van der Waals surface area (Å²) in [6.07, 6.45) is 1.34. The third-order valence-corrected chi connectivity index (χ3v) is 2.91. The fourth-order valence-electron chi connectivity index (χ4n) is 1.42. The molecule has 0 saturated heterocycles. The van der Waals surface area contributed by atoms with Crippen LogP contribution >= 0.6 is 15.9 Å². The smallest absolute Gasteiger partial charge is 0.336 e. The Balaban J connectivity index is 2.56. The van der Waals surface area contributed by atoms with Gasteiger partial charge in [0.25, 0.3) is 0 Å². The van der Waals surface area contributed by atoms with E-state index in [0.717, 1.165) is 5.56 Å². The molecule has 4 nitrogen and oxygen atoms in total. The Morgan fingerprint density at radius 3 is 2.81 bits per heavy atom. The molecule has 0 fully saturated rings. The van der Waals surface area contributed by atoms with Crippen LogP contribution in [0.5, 0.6) is 0 Å². The average Bonchev–Trinajstić information content (AvgIpc) is 2.65. The molecule has 5 heteroatoms. The number of rotatable bonds is 2. The normalized spacial score (nSPS) is 10.4. The highest BCUT2D eigenvalue weighted by atomic mass is 79.9.